The van der Waals surface area contributed by atoms with E-state index in [1.165, 1.54) is 0 Å². The Hall–Kier alpha value is -3.41. The van der Waals surface area contributed by atoms with Gasteiger partial charge in [-0.25, -0.2) is 4.79 Å². The van der Waals surface area contributed by atoms with Crippen molar-refractivity contribution in [3.05, 3.63) is 71.3 Å². The molecule has 3 aromatic rings. The molecule has 132 valence electrons. The third-order valence-corrected chi connectivity index (χ3v) is 3.82. The van der Waals surface area contributed by atoms with Crippen LogP contribution in [-0.4, -0.2) is 23.6 Å². The van der Waals surface area contributed by atoms with Crippen molar-refractivity contribution >= 4 is 17.8 Å². The van der Waals surface area contributed by atoms with E-state index in [0.29, 0.717) is 11.3 Å². The normalized spacial score (nSPS) is 10.4. The molecule has 0 aliphatic heterocycles. The molecule has 6 heteroatoms. The number of hydrogen-bond acceptors (Lipinski definition) is 5. The summed E-state index contributed by atoms with van der Waals surface area (Å²) in [5.41, 5.74) is 3.85. The highest BCUT2D eigenvalue weighted by Gasteiger charge is 2.14. The molecule has 1 aromatic heterocycles. The summed E-state index contributed by atoms with van der Waals surface area (Å²) in [7, 11) is 0. The predicted octanol–water partition coefficient (Wildman–Crippen LogP) is 3.75. The van der Waals surface area contributed by atoms with Crippen LogP contribution in [0.3, 0.4) is 0 Å². The second-order valence-electron chi connectivity index (χ2n) is 5.88. The van der Waals surface area contributed by atoms with Crippen molar-refractivity contribution in [3.63, 3.8) is 0 Å². The average molecular weight is 350 g/mol. The van der Waals surface area contributed by atoms with Gasteiger partial charge in [-0.15, -0.1) is 0 Å². The fraction of sp³-hybridized carbons (Fsp3) is 0.150. The van der Waals surface area contributed by atoms with Crippen molar-refractivity contribution in [2.45, 2.75) is 13.8 Å². The Morgan fingerprint density at radius 2 is 1.81 bits per heavy atom. The van der Waals surface area contributed by atoms with Crippen LogP contribution in [0.2, 0.25) is 0 Å². The molecule has 6 nitrogen and oxygen atoms in total. The number of anilines is 1. The smallest absolute Gasteiger partial charge is 0.338 e. The van der Waals surface area contributed by atoms with E-state index in [-0.39, 0.29) is 5.88 Å². The SMILES string of the molecule is Cc1ccc(-c2cc(NC(=O)COC(=O)c3ccccc3C)on2)cc1. The zero-order chi connectivity index (χ0) is 18.5. The van der Waals surface area contributed by atoms with Crippen molar-refractivity contribution in [1.29, 1.82) is 0 Å². The Labute approximate surface area is 150 Å². The molecule has 1 amide bonds. The lowest BCUT2D eigenvalue weighted by Gasteiger charge is -2.06. The number of hydrogen-bond donors (Lipinski definition) is 1. The Balaban J connectivity index is 1.56. The fourth-order valence-electron chi connectivity index (χ4n) is 2.38. The van der Waals surface area contributed by atoms with Crippen LogP contribution in [-0.2, 0) is 9.53 Å². The summed E-state index contributed by atoms with van der Waals surface area (Å²) in [5, 5.41) is 6.45. The Morgan fingerprint density at radius 3 is 2.54 bits per heavy atom. The topological polar surface area (TPSA) is 81.4 Å². The number of ether oxygens (including phenoxy) is 1. The number of esters is 1. The fourth-order valence-corrected chi connectivity index (χ4v) is 2.38. The lowest BCUT2D eigenvalue weighted by Crippen LogP contribution is -2.21. The van der Waals surface area contributed by atoms with Gasteiger partial charge in [-0.05, 0) is 25.5 Å². The van der Waals surface area contributed by atoms with Crippen LogP contribution in [0.25, 0.3) is 11.3 Å². The van der Waals surface area contributed by atoms with Gasteiger partial charge in [-0.3, -0.25) is 10.1 Å². The van der Waals surface area contributed by atoms with Gasteiger partial charge in [-0.1, -0.05) is 53.2 Å². The highest BCUT2D eigenvalue weighted by molar-refractivity contribution is 5.95. The van der Waals surface area contributed by atoms with Gasteiger partial charge in [0.05, 0.1) is 5.56 Å². The molecule has 0 bridgehead atoms. The monoisotopic (exact) mass is 350 g/mol. The third-order valence-electron chi connectivity index (χ3n) is 3.82. The van der Waals surface area contributed by atoms with Crippen LogP contribution in [0.1, 0.15) is 21.5 Å². The van der Waals surface area contributed by atoms with Crippen LogP contribution < -0.4 is 5.32 Å². The largest absolute Gasteiger partial charge is 0.452 e. The first-order valence-electron chi connectivity index (χ1n) is 8.09. The van der Waals surface area contributed by atoms with Crippen molar-refractivity contribution in [3.8, 4) is 11.3 Å². The minimum atomic E-state index is -0.545. The van der Waals surface area contributed by atoms with E-state index in [2.05, 4.69) is 10.5 Å². The lowest BCUT2D eigenvalue weighted by atomic mass is 10.1. The van der Waals surface area contributed by atoms with Gasteiger partial charge in [0.25, 0.3) is 5.91 Å². The maximum atomic E-state index is 12.0. The molecule has 0 aliphatic carbocycles. The van der Waals surface area contributed by atoms with Gasteiger partial charge in [0, 0.05) is 11.6 Å². The number of nitrogens with zero attached hydrogens (tertiary/aromatic N) is 1. The zero-order valence-corrected chi connectivity index (χ0v) is 14.5. The maximum Gasteiger partial charge on any atom is 0.338 e. The molecular formula is C20H18N2O4. The molecule has 3 rings (SSSR count). The summed E-state index contributed by atoms with van der Waals surface area (Å²) in [6.45, 7) is 3.39. The summed E-state index contributed by atoms with van der Waals surface area (Å²) in [6.07, 6.45) is 0. The van der Waals surface area contributed by atoms with E-state index in [9.17, 15) is 9.59 Å². The minimum absolute atomic E-state index is 0.192. The number of carbonyl (C=O) groups is 2. The molecule has 0 radical (unpaired) electrons. The molecular weight excluding hydrogens is 332 g/mol. The van der Waals surface area contributed by atoms with Crippen LogP contribution in [0.15, 0.2) is 59.1 Å². The van der Waals surface area contributed by atoms with Gasteiger partial charge < -0.3 is 9.26 Å². The van der Waals surface area contributed by atoms with E-state index in [0.717, 1.165) is 16.7 Å². The number of aryl methyl sites for hydroxylation is 2. The Bertz CT molecular complexity index is 929. The maximum absolute atomic E-state index is 12.0. The summed E-state index contributed by atoms with van der Waals surface area (Å²) < 4.78 is 10.1. The number of benzene rings is 2. The first-order valence-corrected chi connectivity index (χ1v) is 8.09. The van der Waals surface area contributed by atoms with Gasteiger partial charge >= 0.3 is 5.97 Å². The highest BCUT2D eigenvalue weighted by atomic mass is 16.5. The molecule has 0 unspecified atom stereocenters. The van der Waals surface area contributed by atoms with Gasteiger partial charge in [0.15, 0.2) is 6.61 Å². The quantitative estimate of drug-likeness (QED) is 0.709. The van der Waals surface area contributed by atoms with Gasteiger partial charge in [0.1, 0.15) is 5.69 Å². The second-order valence-corrected chi connectivity index (χ2v) is 5.88. The first-order chi connectivity index (χ1) is 12.5. The number of nitrogens with one attached hydrogen (secondary N) is 1. The molecule has 0 fully saturated rings. The van der Waals surface area contributed by atoms with E-state index in [1.807, 2.05) is 37.3 Å². The number of rotatable bonds is 5. The molecule has 0 saturated carbocycles. The highest BCUT2D eigenvalue weighted by Crippen LogP contribution is 2.22. The van der Waals surface area contributed by atoms with E-state index < -0.39 is 18.5 Å². The number of amides is 1. The van der Waals surface area contributed by atoms with Crippen LogP contribution in [0.4, 0.5) is 5.88 Å². The van der Waals surface area contributed by atoms with Crippen molar-refractivity contribution in [2.24, 2.45) is 0 Å². The Kier molecular flexibility index (Phi) is 5.12. The predicted molar refractivity (Wildman–Crippen MR) is 96.8 cm³/mol. The van der Waals surface area contributed by atoms with Crippen LogP contribution >= 0.6 is 0 Å². The first kappa shape index (κ1) is 17.4. The molecule has 2 aromatic carbocycles. The summed E-state index contributed by atoms with van der Waals surface area (Å²) in [5.74, 6) is -0.854. The van der Waals surface area contributed by atoms with E-state index >= 15 is 0 Å². The Morgan fingerprint density at radius 1 is 1.08 bits per heavy atom. The third kappa shape index (κ3) is 4.16. The molecule has 0 saturated heterocycles. The van der Waals surface area contributed by atoms with E-state index in [1.54, 1.807) is 31.2 Å². The minimum Gasteiger partial charge on any atom is -0.452 e. The second kappa shape index (κ2) is 7.65. The molecule has 1 N–H and O–H groups in total. The van der Waals surface area contributed by atoms with Crippen molar-refractivity contribution in [2.75, 3.05) is 11.9 Å². The van der Waals surface area contributed by atoms with Crippen LogP contribution in [0.5, 0.6) is 0 Å². The molecule has 0 atom stereocenters. The number of aromatic nitrogens is 1. The standard InChI is InChI=1S/C20H18N2O4/c1-13-7-9-15(10-8-13)17-11-19(26-22-17)21-18(23)12-25-20(24)16-6-4-3-5-14(16)2/h3-11H,12H2,1-2H3,(H,21,23). The van der Waals surface area contributed by atoms with Crippen molar-refractivity contribution < 1.29 is 18.8 Å². The number of carbonyl (C=O) groups excluding carboxylic acids is 2. The van der Waals surface area contributed by atoms with E-state index in [4.69, 9.17) is 9.26 Å². The lowest BCUT2D eigenvalue weighted by molar-refractivity contribution is -0.119. The summed E-state index contributed by atoms with van der Waals surface area (Å²) >= 11 is 0. The molecule has 1 heterocycles. The van der Waals surface area contributed by atoms with Gasteiger partial charge in [0.2, 0.25) is 5.88 Å². The molecule has 26 heavy (non-hydrogen) atoms. The van der Waals surface area contributed by atoms with Gasteiger partial charge in [-0.2, -0.15) is 0 Å². The molecule has 0 spiro atoms. The van der Waals surface area contributed by atoms with Crippen LogP contribution in [0, 0.1) is 13.8 Å². The molecule has 0 aliphatic rings. The van der Waals surface area contributed by atoms with Crippen molar-refractivity contribution in [1.82, 2.24) is 5.16 Å². The summed E-state index contributed by atoms with van der Waals surface area (Å²) in [4.78, 5) is 23.9. The zero-order valence-electron chi connectivity index (χ0n) is 14.5. The average Bonchev–Trinajstić information content (AvgIpc) is 3.09. The summed E-state index contributed by atoms with van der Waals surface area (Å²) in [6, 6.07) is 16.4.